The molecule has 0 spiro atoms. The first-order valence-electron chi connectivity index (χ1n) is 6.58. The maximum absolute atomic E-state index is 12.6. The highest BCUT2D eigenvalue weighted by Gasteiger charge is 2.42. The summed E-state index contributed by atoms with van der Waals surface area (Å²) in [6, 6.07) is 1.47. The summed E-state index contributed by atoms with van der Waals surface area (Å²) in [4.78, 5) is 11.2. The maximum atomic E-state index is 12.6. The van der Waals surface area contributed by atoms with Crippen LogP contribution in [0.1, 0.15) is 49.2 Å². The number of rotatable bonds is 1. The summed E-state index contributed by atoms with van der Waals surface area (Å²) in [5.41, 5.74) is -4.65. The van der Waals surface area contributed by atoms with Crippen LogP contribution in [0.15, 0.2) is 18.2 Å². The molecule has 0 unspecified atom stereocenters. The summed E-state index contributed by atoms with van der Waals surface area (Å²) in [5, 5.41) is 1.77. The Kier molecular flexibility index (Phi) is 9.55. The molecule has 1 rings (SSSR count). The lowest BCUT2D eigenvalue weighted by Crippen LogP contribution is -2.26. The van der Waals surface area contributed by atoms with Gasteiger partial charge in [-0.3, -0.25) is 4.79 Å². The van der Waals surface area contributed by atoms with E-state index < -0.39 is 35.0 Å². The van der Waals surface area contributed by atoms with Crippen LogP contribution in [0, 0.1) is 0 Å². The second kappa shape index (κ2) is 9.32. The molecule has 0 aliphatic rings. The molecule has 0 aromatic heterocycles. The van der Waals surface area contributed by atoms with Crippen molar-refractivity contribution in [2.45, 2.75) is 40.0 Å². The molecular weight excluding hydrogens is 312 g/mol. The average Bonchev–Trinajstić information content (AvgIpc) is 2.48. The lowest BCUT2D eigenvalue weighted by molar-refractivity contribution is -0.143. The van der Waals surface area contributed by atoms with E-state index in [1.165, 1.54) is 0 Å². The molecule has 0 saturated heterocycles. The molecule has 0 atom stereocenters. The van der Waals surface area contributed by atoms with E-state index in [9.17, 15) is 31.1 Å². The molecule has 1 N–H and O–H groups in total. The van der Waals surface area contributed by atoms with Crippen molar-refractivity contribution in [1.82, 2.24) is 5.32 Å². The van der Waals surface area contributed by atoms with Gasteiger partial charge in [0.15, 0.2) is 0 Å². The second-order valence-electron chi connectivity index (χ2n) is 3.30. The molecule has 1 amide bonds. The van der Waals surface area contributed by atoms with E-state index in [4.69, 9.17) is 0 Å². The van der Waals surface area contributed by atoms with E-state index in [1.54, 1.807) is 5.32 Å². The normalized spacial score (nSPS) is 10.7. The van der Waals surface area contributed by atoms with Crippen LogP contribution in [0.5, 0.6) is 0 Å². The predicted molar refractivity (Wildman–Crippen MR) is 72.5 cm³/mol. The minimum absolute atomic E-state index is 0.430. The van der Waals surface area contributed by atoms with E-state index in [2.05, 4.69) is 0 Å². The Hall–Kier alpha value is -1.73. The van der Waals surface area contributed by atoms with Gasteiger partial charge in [-0.05, 0) is 12.1 Å². The summed E-state index contributed by atoms with van der Waals surface area (Å²) in [7, 11) is 0.954. The Morgan fingerprint density at radius 1 is 0.864 bits per heavy atom. The van der Waals surface area contributed by atoms with Crippen molar-refractivity contribution in [3.63, 3.8) is 0 Å². The molecule has 22 heavy (non-hydrogen) atoms. The molecule has 128 valence electrons. The molecule has 0 radical (unpaired) electrons. The monoisotopic (exact) mass is 331 g/mol. The largest absolute Gasteiger partial charge is 0.417 e. The summed E-state index contributed by atoms with van der Waals surface area (Å²) in [6.07, 6.45) is -10.1. The fraction of sp³-hybridized carbons (Fsp3) is 0.500. The molecule has 8 heteroatoms. The van der Waals surface area contributed by atoms with E-state index in [1.807, 2.05) is 27.7 Å². The van der Waals surface area contributed by atoms with Gasteiger partial charge in [0.25, 0.3) is 5.91 Å². The lowest BCUT2D eigenvalue weighted by Gasteiger charge is -2.17. The van der Waals surface area contributed by atoms with Crippen LogP contribution in [-0.2, 0) is 12.4 Å². The number of nitrogens with one attached hydrogen (secondary N) is 1. The zero-order valence-corrected chi connectivity index (χ0v) is 12.9. The van der Waals surface area contributed by atoms with E-state index >= 15 is 0 Å². The van der Waals surface area contributed by atoms with Crippen LogP contribution < -0.4 is 5.32 Å². The van der Waals surface area contributed by atoms with Gasteiger partial charge in [-0.25, -0.2) is 0 Å². The molecule has 0 heterocycles. The number of carbonyl (C=O) groups excluding carboxylic acids is 1. The minimum Gasteiger partial charge on any atom is -0.355 e. The third-order valence-electron chi connectivity index (χ3n) is 2.13. The fourth-order valence-corrected chi connectivity index (χ4v) is 1.39. The molecule has 1 aromatic carbocycles. The van der Waals surface area contributed by atoms with Crippen molar-refractivity contribution < 1.29 is 31.1 Å². The first-order valence-corrected chi connectivity index (χ1v) is 6.58. The van der Waals surface area contributed by atoms with Crippen molar-refractivity contribution in [2.24, 2.45) is 0 Å². The predicted octanol–water partition coefficient (Wildman–Crippen LogP) is 5.14. The topological polar surface area (TPSA) is 29.1 Å². The highest BCUT2D eigenvalue weighted by molar-refractivity contribution is 5.97. The van der Waals surface area contributed by atoms with Gasteiger partial charge in [-0.15, -0.1) is 0 Å². The van der Waals surface area contributed by atoms with Gasteiger partial charge >= 0.3 is 12.4 Å². The van der Waals surface area contributed by atoms with Crippen molar-refractivity contribution >= 4 is 5.91 Å². The zero-order chi connectivity index (χ0) is 18.1. The SMILES string of the molecule is CC.CC.CNC(=O)c1c(C(F)(F)F)cccc1C(F)(F)F. The van der Waals surface area contributed by atoms with Gasteiger partial charge in [0.2, 0.25) is 0 Å². The molecule has 1 aromatic rings. The average molecular weight is 331 g/mol. The van der Waals surface area contributed by atoms with Crippen LogP contribution in [-0.4, -0.2) is 13.0 Å². The Bertz CT molecular complexity index is 433. The van der Waals surface area contributed by atoms with E-state index in [0.717, 1.165) is 7.05 Å². The zero-order valence-electron chi connectivity index (χ0n) is 12.9. The third kappa shape index (κ3) is 5.95. The van der Waals surface area contributed by atoms with Gasteiger partial charge in [0.05, 0.1) is 16.7 Å². The number of carbonyl (C=O) groups is 1. The van der Waals surface area contributed by atoms with Gasteiger partial charge in [-0.2, -0.15) is 26.3 Å². The van der Waals surface area contributed by atoms with Crippen LogP contribution in [0.25, 0.3) is 0 Å². The van der Waals surface area contributed by atoms with Gasteiger partial charge in [0, 0.05) is 7.05 Å². The van der Waals surface area contributed by atoms with Crippen molar-refractivity contribution in [3.05, 3.63) is 34.9 Å². The number of hydrogen-bond acceptors (Lipinski definition) is 1. The highest BCUT2D eigenvalue weighted by atomic mass is 19.4. The smallest absolute Gasteiger partial charge is 0.355 e. The number of halogens is 6. The second-order valence-corrected chi connectivity index (χ2v) is 3.30. The quantitative estimate of drug-likeness (QED) is 0.710. The number of alkyl halides is 6. The van der Waals surface area contributed by atoms with Crippen LogP contribution in [0.4, 0.5) is 26.3 Å². The van der Waals surface area contributed by atoms with Gasteiger partial charge in [-0.1, -0.05) is 33.8 Å². The van der Waals surface area contributed by atoms with E-state index in [-0.39, 0.29) is 0 Å². The minimum atomic E-state index is -5.04. The molecule has 0 bridgehead atoms. The number of benzene rings is 1. The number of amides is 1. The Morgan fingerprint density at radius 2 is 1.18 bits per heavy atom. The van der Waals surface area contributed by atoms with Crippen LogP contribution >= 0.6 is 0 Å². The molecule has 0 aliphatic carbocycles. The first kappa shape index (κ1) is 22.5. The Labute approximate surface area is 125 Å². The first-order chi connectivity index (χ1) is 10.1. The van der Waals surface area contributed by atoms with Gasteiger partial charge in [0.1, 0.15) is 0 Å². The highest BCUT2D eigenvalue weighted by Crippen LogP contribution is 2.39. The van der Waals surface area contributed by atoms with Gasteiger partial charge < -0.3 is 5.32 Å². The summed E-state index contributed by atoms with van der Waals surface area (Å²) in [6.45, 7) is 8.00. The van der Waals surface area contributed by atoms with Crippen LogP contribution in [0.2, 0.25) is 0 Å². The maximum Gasteiger partial charge on any atom is 0.417 e. The molecule has 0 saturated carbocycles. The third-order valence-corrected chi connectivity index (χ3v) is 2.13. The molecule has 0 aliphatic heterocycles. The van der Waals surface area contributed by atoms with Crippen molar-refractivity contribution in [1.29, 1.82) is 0 Å². The summed E-state index contributed by atoms with van der Waals surface area (Å²) < 4.78 is 75.4. The molecule has 2 nitrogen and oxygen atoms in total. The number of hydrogen-bond donors (Lipinski definition) is 1. The van der Waals surface area contributed by atoms with Crippen molar-refractivity contribution in [2.75, 3.05) is 7.05 Å². The van der Waals surface area contributed by atoms with Crippen LogP contribution in [0.3, 0.4) is 0 Å². The van der Waals surface area contributed by atoms with Crippen molar-refractivity contribution in [3.8, 4) is 0 Å². The fourth-order valence-electron chi connectivity index (χ4n) is 1.39. The molecule has 0 fully saturated rings. The summed E-state index contributed by atoms with van der Waals surface area (Å²) in [5.74, 6) is -1.43. The standard InChI is InChI=1S/C10H7F6NO.2C2H6/c1-17-8(18)7-5(9(11,12)13)3-2-4-6(7)10(14,15)16;2*1-2/h2-4H,1H3,(H,17,18);2*1-2H3. The Morgan fingerprint density at radius 3 is 1.41 bits per heavy atom. The van der Waals surface area contributed by atoms with E-state index in [0.29, 0.717) is 18.2 Å². The summed E-state index contributed by atoms with van der Waals surface area (Å²) >= 11 is 0. The molecular formula is C14H19F6NO. The lowest BCUT2D eigenvalue weighted by atomic mass is 9.99. The Balaban J connectivity index is 0.